The molecule has 2 amide bonds. The van der Waals surface area contributed by atoms with E-state index in [1.165, 1.54) is 4.90 Å². The summed E-state index contributed by atoms with van der Waals surface area (Å²) in [5, 5.41) is 21.8. The first kappa shape index (κ1) is 21.7. The average molecular weight is 460 g/mol. The van der Waals surface area contributed by atoms with Crippen LogP contribution in [-0.4, -0.2) is 82.4 Å². The molecule has 3 atom stereocenters. The molecule has 2 saturated heterocycles. The Morgan fingerprint density at radius 1 is 1.42 bits per heavy atom. The fraction of sp³-hybridized carbons (Fsp3) is 0.733. The van der Waals surface area contributed by atoms with Gasteiger partial charge in [0.25, 0.3) is 0 Å². The minimum absolute atomic E-state index is 0.0194. The number of nitrogens with zero attached hydrogens (tertiary/aromatic N) is 5. The molecule has 3 heterocycles. The molecule has 31 heavy (non-hydrogen) atoms. The van der Waals surface area contributed by atoms with Gasteiger partial charge in [-0.05, 0) is 24.7 Å². The summed E-state index contributed by atoms with van der Waals surface area (Å²) in [5.41, 5.74) is 10.1. The molecular formula is C15H24N8O7S. The van der Waals surface area contributed by atoms with Gasteiger partial charge in [0.05, 0.1) is 12.6 Å². The van der Waals surface area contributed by atoms with E-state index in [0.717, 1.165) is 17.9 Å². The van der Waals surface area contributed by atoms with Crippen molar-refractivity contribution in [3.63, 3.8) is 0 Å². The van der Waals surface area contributed by atoms with E-state index in [2.05, 4.69) is 24.8 Å². The fourth-order valence-corrected chi connectivity index (χ4v) is 4.51. The molecule has 1 saturated carbocycles. The molecule has 4 rings (SSSR count). The van der Waals surface area contributed by atoms with Crippen molar-refractivity contribution in [2.24, 2.45) is 21.9 Å². The molecule has 2 bridgehead atoms. The highest BCUT2D eigenvalue weighted by atomic mass is 32.3. The number of amides is 2. The van der Waals surface area contributed by atoms with E-state index in [-0.39, 0.29) is 36.2 Å². The van der Waals surface area contributed by atoms with Crippen LogP contribution in [0.5, 0.6) is 0 Å². The van der Waals surface area contributed by atoms with Gasteiger partial charge in [-0.15, -0.1) is 14.5 Å². The van der Waals surface area contributed by atoms with Gasteiger partial charge in [0.1, 0.15) is 12.1 Å². The summed E-state index contributed by atoms with van der Waals surface area (Å²) in [6.07, 6.45) is 0.928. The Bertz CT molecular complexity index is 974. The fourth-order valence-electron chi connectivity index (χ4n) is 4.14. The highest BCUT2D eigenvalue weighted by molar-refractivity contribution is 7.80. The van der Waals surface area contributed by atoms with E-state index in [1.54, 1.807) is 0 Å². The third-order valence-corrected chi connectivity index (χ3v) is 6.13. The number of urea groups is 1. The van der Waals surface area contributed by atoms with E-state index >= 15 is 0 Å². The summed E-state index contributed by atoms with van der Waals surface area (Å²) in [4.78, 5) is 17.9. The first-order valence-corrected chi connectivity index (χ1v) is 11.0. The first-order valence-electron chi connectivity index (χ1n) is 9.64. The molecule has 1 spiro atoms. The lowest BCUT2D eigenvalue weighted by atomic mass is 9.85. The van der Waals surface area contributed by atoms with Crippen molar-refractivity contribution < 1.29 is 31.6 Å². The second kappa shape index (κ2) is 7.86. The van der Waals surface area contributed by atoms with Crippen LogP contribution in [0.3, 0.4) is 0 Å². The number of fused-ring (bicyclic) bond motifs is 3. The predicted octanol–water partition coefficient (Wildman–Crippen LogP) is -1.97. The molecule has 0 unspecified atom stereocenters. The van der Waals surface area contributed by atoms with Crippen molar-refractivity contribution >= 4 is 22.4 Å². The topological polar surface area (TPSA) is 223 Å². The minimum atomic E-state index is -4.84. The predicted molar refractivity (Wildman–Crippen MR) is 102 cm³/mol. The molecule has 1 aromatic heterocycles. The minimum Gasteiger partial charge on any atom is -0.420 e. The zero-order valence-corrected chi connectivity index (χ0v) is 17.2. The van der Waals surface area contributed by atoms with Crippen LogP contribution in [-0.2, 0) is 14.7 Å². The number of guanidine groups is 1. The number of aliphatic hydroxyl groups is 1. The number of aromatic nitrogens is 2. The number of carbonyl (C=O) groups excluding carboxylic acids is 1. The average Bonchev–Trinajstić information content (AvgIpc) is 3.17. The van der Waals surface area contributed by atoms with Gasteiger partial charge in [0.15, 0.2) is 5.96 Å². The number of nitrogens with one attached hydrogen (secondary N) is 1. The number of aliphatic hydroxyl groups excluding tert-OH is 1. The van der Waals surface area contributed by atoms with E-state index in [9.17, 15) is 18.3 Å². The first-order chi connectivity index (χ1) is 14.6. The zero-order valence-electron chi connectivity index (χ0n) is 16.4. The third kappa shape index (κ3) is 4.42. The van der Waals surface area contributed by atoms with Crippen LogP contribution in [0.4, 0.5) is 4.79 Å². The SMILES string of the molecule is NC(N)=NCCNC[C@H](O)c1nnc([C@@H]2CC3(CC3)[C@@H]3CN2C(=O)N3OS(=O)(=O)O)o1. The monoisotopic (exact) mass is 460 g/mol. The Labute approximate surface area is 177 Å². The molecule has 3 aliphatic rings. The number of hydroxylamine groups is 2. The normalized spacial score (nSPS) is 25.2. The van der Waals surface area contributed by atoms with Crippen molar-refractivity contribution in [3.8, 4) is 0 Å². The van der Waals surface area contributed by atoms with Crippen molar-refractivity contribution in [1.29, 1.82) is 0 Å². The van der Waals surface area contributed by atoms with Gasteiger partial charge in [-0.3, -0.25) is 9.55 Å². The summed E-state index contributed by atoms with van der Waals surface area (Å²) in [6, 6.07) is -1.80. The maximum absolute atomic E-state index is 12.7. The largest absolute Gasteiger partial charge is 0.420 e. The van der Waals surface area contributed by atoms with Gasteiger partial charge in [-0.25, -0.2) is 4.79 Å². The van der Waals surface area contributed by atoms with Crippen LogP contribution < -0.4 is 16.8 Å². The summed E-state index contributed by atoms with van der Waals surface area (Å²) in [7, 11) is -4.84. The second-order valence-corrected chi connectivity index (χ2v) is 8.87. The highest BCUT2D eigenvalue weighted by Gasteiger charge is 2.64. The molecular weight excluding hydrogens is 436 g/mol. The van der Waals surface area contributed by atoms with Gasteiger partial charge in [0.2, 0.25) is 11.8 Å². The number of aliphatic imine (C=N–C) groups is 1. The molecule has 3 fully saturated rings. The molecule has 16 heteroatoms. The van der Waals surface area contributed by atoms with Crippen LogP contribution >= 0.6 is 0 Å². The number of hydrogen-bond donors (Lipinski definition) is 5. The third-order valence-electron chi connectivity index (χ3n) is 5.78. The molecule has 7 N–H and O–H groups in total. The second-order valence-electron chi connectivity index (χ2n) is 7.87. The van der Waals surface area contributed by atoms with Gasteiger partial charge in [-0.1, -0.05) is 0 Å². The maximum Gasteiger partial charge on any atom is 0.418 e. The van der Waals surface area contributed by atoms with E-state index in [4.69, 9.17) is 20.4 Å². The Morgan fingerprint density at radius 2 is 2.16 bits per heavy atom. The zero-order chi connectivity index (χ0) is 22.4. The Kier molecular flexibility index (Phi) is 5.50. The molecule has 0 aromatic carbocycles. The summed E-state index contributed by atoms with van der Waals surface area (Å²) < 4.78 is 41.5. The van der Waals surface area contributed by atoms with Gasteiger partial charge in [0, 0.05) is 19.6 Å². The van der Waals surface area contributed by atoms with Gasteiger partial charge in [-0.2, -0.15) is 13.5 Å². The van der Waals surface area contributed by atoms with E-state index in [0.29, 0.717) is 19.5 Å². The van der Waals surface area contributed by atoms with Crippen molar-refractivity contribution in [1.82, 2.24) is 25.5 Å². The number of piperidine rings is 1. The Balaban J connectivity index is 1.43. The van der Waals surface area contributed by atoms with E-state index in [1.807, 2.05) is 0 Å². The quantitative estimate of drug-likeness (QED) is 0.117. The van der Waals surface area contributed by atoms with Gasteiger partial charge >= 0.3 is 16.4 Å². The van der Waals surface area contributed by atoms with E-state index < -0.39 is 34.6 Å². The van der Waals surface area contributed by atoms with Gasteiger partial charge < -0.3 is 31.2 Å². The smallest absolute Gasteiger partial charge is 0.418 e. The number of hydrogen-bond acceptors (Lipinski definition) is 10. The number of nitrogens with two attached hydrogens (primary N) is 2. The molecule has 1 aromatic rings. The maximum atomic E-state index is 12.7. The molecule has 1 aliphatic carbocycles. The van der Waals surface area contributed by atoms with Crippen LogP contribution in [0, 0.1) is 5.41 Å². The van der Waals surface area contributed by atoms with Crippen LogP contribution in [0.2, 0.25) is 0 Å². The lowest BCUT2D eigenvalue weighted by Gasteiger charge is -2.34. The van der Waals surface area contributed by atoms with Crippen molar-refractivity contribution in [2.45, 2.75) is 37.5 Å². The lowest BCUT2D eigenvalue weighted by Crippen LogP contribution is -2.43. The standard InChI is InChI=1S/C15H24N8O7S/c16-13(17)19-4-3-18-6-9(24)12-21-20-11(29-12)8-5-15(1-2-15)10-7-22(8)14(25)23(10)30-31(26,27)28/h8-10,18,24H,1-7H2,(H4,16,17,19)(H,26,27,28)/t8-,9-,10-/m0/s1. The molecule has 172 valence electrons. The van der Waals surface area contributed by atoms with Crippen LogP contribution in [0.25, 0.3) is 0 Å². The Hall–Kier alpha value is -2.53. The summed E-state index contributed by atoms with van der Waals surface area (Å²) in [6.45, 7) is 1.09. The molecule has 0 radical (unpaired) electrons. The summed E-state index contributed by atoms with van der Waals surface area (Å²) in [5.74, 6) is 0.0967. The lowest BCUT2D eigenvalue weighted by molar-refractivity contribution is -0.0530. The highest BCUT2D eigenvalue weighted by Crippen LogP contribution is 2.61. The number of carbonyl (C=O) groups is 1. The molecule has 15 nitrogen and oxygen atoms in total. The summed E-state index contributed by atoms with van der Waals surface area (Å²) >= 11 is 0. The van der Waals surface area contributed by atoms with Crippen molar-refractivity contribution in [3.05, 3.63) is 11.8 Å². The molecule has 2 aliphatic heterocycles. The van der Waals surface area contributed by atoms with Crippen LogP contribution in [0.15, 0.2) is 9.41 Å². The Morgan fingerprint density at radius 3 is 2.81 bits per heavy atom. The van der Waals surface area contributed by atoms with Crippen LogP contribution in [0.1, 0.15) is 43.2 Å². The van der Waals surface area contributed by atoms with Crippen molar-refractivity contribution in [2.75, 3.05) is 26.2 Å². The number of rotatable bonds is 9.